The molecule has 3 aromatic rings. The van der Waals surface area contributed by atoms with Crippen LogP contribution in [0.4, 0.5) is 36.8 Å². The maximum atomic E-state index is 13.2. The number of pyridine rings is 1. The zero-order chi connectivity index (χ0) is 30.2. The Balaban J connectivity index is 1.37. The summed E-state index contributed by atoms with van der Waals surface area (Å²) in [6.07, 6.45) is -10.0. The minimum Gasteiger partial charge on any atom is -0.337 e. The maximum absolute atomic E-state index is 13.2. The molecule has 1 unspecified atom stereocenters. The van der Waals surface area contributed by atoms with Crippen LogP contribution < -0.4 is 10.6 Å². The van der Waals surface area contributed by atoms with Crippen LogP contribution in [-0.4, -0.2) is 67.9 Å². The van der Waals surface area contributed by atoms with E-state index in [-0.39, 0.29) is 31.3 Å². The molecule has 2 amide bonds. The molecule has 1 aliphatic heterocycles. The van der Waals surface area contributed by atoms with Crippen LogP contribution in [0.1, 0.15) is 23.2 Å². The number of anilines is 1. The summed E-state index contributed by atoms with van der Waals surface area (Å²) in [7, 11) is -3.55. The zero-order valence-corrected chi connectivity index (χ0v) is 22.8. The average molecular weight is 604 g/mol. The van der Waals surface area contributed by atoms with Crippen molar-refractivity contribution >= 4 is 32.6 Å². The van der Waals surface area contributed by atoms with Crippen molar-refractivity contribution in [2.24, 2.45) is 0 Å². The summed E-state index contributed by atoms with van der Waals surface area (Å²) in [5, 5.41) is 6.28. The van der Waals surface area contributed by atoms with Crippen LogP contribution in [0, 0.1) is 6.92 Å². The lowest BCUT2D eigenvalue weighted by molar-refractivity contribution is -0.143. The van der Waals surface area contributed by atoms with Gasteiger partial charge in [0.05, 0.1) is 27.2 Å². The fourth-order valence-corrected chi connectivity index (χ4v) is 6.10. The van der Waals surface area contributed by atoms with Crippen LogP contribution in [-0.2, 0) is 22.4 Å². The normalized spacial score (nSPS) is 16.9. The van der Waals surface area contributed by atoms with Crippen LogP contribution in [0.25, 0.3) is 10.9 Å². The predicted molar refractivity (Wildman–Crippen MR) is 140 cm³/mol. The Hall–Kier alpha value is -3.43. The highest BCUT2D eigenvalue weighted by Gasteiger charge is 2.40. The van der Waals surface area contributed by atoms with Gasteiger partial charge in [0.2, 0.25) is 10.0 Å². The van der Waals surface area contributed by atoms with E-state index in [1.165, 1.54) is 0 Å². The molecule has 0 bridgehead atoms. The molecule has 2 aromatic carbocycles. The monoisotopic (exact) mass is 603 g/mol. The fourth-order valence-electron chi connectivity index (χ4n) is 4.66. The number of carbonyl (C=O) groups is 1. The number of nitrogens with one attached hydrogen (secondary N) is 2. The van der Waals surface area contributed by atoms with Gasteiger partial charge in [0.25, 0.3) is 0 Å². The second kappa shape index (κ2) is 11.4. The van der Waals surface area contributed by atoms with Gasteiger partial charge >= 0.3 is 18.4 Å². The number of halogens is 6. The van der Waals surface area contributed by atoms with Crippen molar-refractivity contribution in [3.63, 3.8) is 0 Å². The zero-order valence-electron chi connectivity index (χ0n) is 22.0. The Bertz CT molecular complexity index is 1510. The molecule has 1 atom stereocenters. The maximum Gasteiger partial charge on any atom is 0.416 e. The molecule has 1 saturated heterocycles. The first kappa shape index (κ1) is 30.5. The van der Waals surface area contributed by atoms with Gasteiger partial charge in [0.1, 0.15) is 0 Å². The quantitative estimate of drug-likeness (QED) is 0.367. The molecule has 1 fully saturated rings. The number of likely N-dealkylation sites (tertiary alicyclic amines) is 1. The number of hydrogen-bond donors (Lipinski definition) is 2. The molecular formula is C26H27F6N5O3S. The molecule has 0 aliphatic carbocycles. The molecule has 15 heteroatoms. The number of carbonyl (C=O) groups excluding carboxylic acids is 1. The molecule has 41 heavy (non-hydrogen) atoms. The standard InChI is InChI=1S/C26H27F6N5O3S/c1-16-11-23(21-5-3-4-6-22(21)34-16)35-24(38)33-8-10-37-9-7-19(15-37)36(2)41(39,40)20-13-17(25(27,28)29)12-18(14-20)26(30,31)32/h3-6,11-14,19H,7-10,15H2,1-2H3,(H2,33,34,35,38). The fraction of sp³-hybridized carbons (Fsp3) is 0.385. The Morgan fingerprint density at radius 1 is 1.05 bits per heavy atom. The number of likely N-dealkylation sites (N-methyl/N-ethyl adjacent to an activating group) is 1. The van der Waals surface area contributed by atoms with Gasteiger partial charge in [-0.25, -0.2) is 13.2 Å². The van der Waals surface area contributed by atoms with Crippen LogP contribution in [0.3, 0.4) is 0 Å². The van der Waals surface area contributed by atoms with Gasteiger partial charge in [-0.05, 0) is 50.2 Å². The summed E-state index contributed by atoms with van der Waals surface area (Å²) in [6, 6.07) is 8.22. The highest BCUT2D eigenvalue weighted by Crippen LogP contribution is 2.38. The molecule has 8 nitrogen and oxygen atoms in total. The minimum atomic E-state index is -5.17. The molecule has 222 valence electrons. The van der Waals surface area contributed by atoms with Crippen LogP contribution in [0.15, 0.2) is 53.4 Å². The van der Waals surface area contributed by atoms with E-state index in [1.54, 1.807) is 13.0 Å². The van der Waals surface area contributed by atoms with E-state index in [1.807, 2.05) is 29.2 Å². The summed E-state index contributed by atoms with van der Waals surface area (Å²) in [5.41, 5.74) is -1.37. The molecule has 1 aromatic heterocycles. The number of rotatable bonds is 7. The first-order valence-electron chi connectivity index (χ1n) is 12.5. The van der Waals surface area contributed by atoms with Crippen LogP contribution in [0.2, 0.25) is 0 Å². The molecule has 0 spiro atoms. The first-order chi connectivity index (χ1) is 19.1. The molecule has 0 radical (unpaired) electrons. The number of hydrogen-bond acceptors (Lipinski definition) is 5. The molecule has 0 saturated carbocycles. The Labute approximate surface area is 232 Å². The summed E-state index contributed by atoms with van der Waals surface area (Å²) in [5.74, 6) is 0. The molecule has 2 N–H and O–H groups in total. The van der Waals surface area contributed by atoms with Crippen molar-refractivity contribution in [2.75, 3.05) is 38.5 Å². The van der Waals surface area contributed by atoms with Gasteiger partial charge in [-0.15, -0.1) is 0 Å². The van der Waals surface area contributed by atoms with Gasteiger partial charge in [-0.1, -0.05) is 18.2 Å². The summed E-state index contributed by atoms with van der Waals surface area (Å²) in [4.78, 5) is 17.7. The van der Waals surface area contributed by atoms with Crippen molar-refractivity contribution < 1.29 is 39.6 Å². The number of fused-ring (bicyclic) bond motifs is 1. The number of amides is 2. The van der Waals surface area contributed by atoms with E-state index in [4.69, 9.17) is 0 Å². The Morgan fingerprint density at radius 2 is 1.68 bits per heavy atom. The predicted octanol–water partition coefficient (Wildman–Crippen LogP) is 5.10. The second-order valence-corrected chi connectivity index (χ2v) is 11.7. The number of para-hydroxylation sites is 1. The largest absolute Gasteiger partial charge is 0.416 e. The summed E-state index contributed by atoms with van der Waals surface area (Å²) in [6.45, 7) is 2.95. The lowest BCUT2D eigenvalue weighted by atomic mass is 10.1. The number of aryl methyl sites for hydroxylation is 1. The number of benzene rings is 2. The summed E-state index contributed by atoms with van der Waals surface area (Å²) >= 11 is 0. The highest BCUT2D eigenvalue weighted by atomic mass is 32.2. The molecular weight excluding hydrogens is 576 g/mol. The van der Waals surface area contributed by atoms with Crippen molar-refractivity contribution in [1.29, 1.82) is 0 Å². The van der Waals surface area contributed by atoms with E-state index in [2.05, 4.69) is 15.6 Å². The topological polar surface area (TPSA) is 94.6 Å². The van der Waals surface area contributed by atoms with Crippen molar-refractivity contribution in [3.8, 4) is 0 Å². The van der Waals surface area contributed by atoms with Gasteiger partial charge < -0.3 is 10.6 Å². The van der Waals surface area contributed by atoms with Crippen molar-refractivity contribution in [3.05, 3.63) is 65.4 Å². The van der Waals surface area contributed by atoms with E-state index in [0.29, 0.717) is 25.2 Å². The molecule has 2 heterocycles. The lowest BCUT2D eigenvalue weighted by Gasteiger charge is -2.25. The third-order valence-electron chi connectivity index (χ3n) is 6.81. The third kappa shape index (κ3) is 7.08. The Kier molecular flexibility index (Phi) is 8.52. The SMILES string of the molecule is Cc1cc(NC(=O)NCCN2CCC(N(C)S(=O)(=O)c3cc(C(F)(F)F)cc(C(F)(F)F)c3)C2)c2ccccc2n1. The van der Waals surface area contributed by atoms with Crippen molar-refractivity contribution in [1.82, 2.24) is 19.5 Å². The van der Waals surface area contributed by atoms with Gasteiger partial charge in [-0.2, -0.15) is 30.6 Å². The smallest absolute Gasteiger partial charge is 0.337 e. The van der Waals surface area contributed by atoms with E-state index in [0.717, 1.165) is 27.9 Å². The van der Waals surface area contributed by atoms with Gasteiger partial charge in [0, 0.05) is 43.8 Å². The Morgan fingerprint density at radius 3 is 2.32 bits per heavy atom. The van der Waals surface area contributed by atoms with Crippen LogP contribution in [0.5, 0.6) is 0 Å². The number of alkyl halides is 6. The first-order valence-corrected chi connectivity index (χ1v) is 13.9. The third-order valence-corrected chi connectivity index (χ3v) is 8.69. The molecule has 1 aliphatic rings. The number of sulfonamides is 1. The molecule has 4 rings (SSSR count). The summed E-state index contributed by atoms with van der Waals surface area (Å²) < 4.78 is 106. The van der Waals surface area contributed by atoms with E-state index >= 15 is 0 Å². The second-order valence-electron chi connectivity index (χ2n) is 9.72. The minimum absolute atomic E-state index is 0.113. The van der Waals surface area contributed by atoms with Crippen molar-refractivity contribution in [2.45, 2.75) is 36.6 Å². The van der Waals surface area contributed by atoms with E-state index in [9.17, 15) is 39.6 Å². The number of urea groups is 1. The van der Waals surface area contributed by atoms with Gasteiger partial charge in [0.15, 0.2) is 0 Å². The highest BCUT2D eigenvalue weighted by molar-refractivity contribution is 7.89. The van der Waals surface area contributed by atoms with E-state index < -0.39 is 50.5 Å². The van der Waals surface area contributed by atoms with Gasteiger partial charge in [-0.3, -0.25) is 9.88 Å². The average Bonchev–Trinajstić information content (AvgIpc) is 3.35. The number of nitrogens with zero attached hydrogens (tertiary/aromatic N) is 3. The number of aromatic nitrogens is 1. The lowest BCUT2D eigenvalue weighted by Crippen LogP contribution is -2.40. The van der Waals surface area contributed by atoms with Crippen LogP contribution >= 0.6 is 0 Å².